The summed E-state index contributed by atoms with van der Waals surface area (Å²) in [7, 11) is 0. The van der Waals surface area contributed by atoms with Crippen molar-refractivity contribution in [1.82, 2.24) is 0 Å². The number of rotatable bonds is 4. The van der Waals surface area contributed by atoms with E-state index in [1.54, 1.807) is 0 Å². The summed E-state index contributed by atoms with van der Waals surface area (Å²) in [5.74, 6) is 0. The molecule has 4 heteroatoms. The Morgan fingerprint density at radius 3 is 2.13 bits per heavy atom. The molecule has 0 aliphatic carbocycles. The summed E-state index contributed by atoms with van der Waals surface area (Å²) in [4.78, 5) is 0. The van der Waals surface area contributed by atoms with E-state index in [-0.39, 0.29) is 6.42 Å². The summed E-state index contributed by atoms with van der Waals surface area (Å²) < 4.78 is 36.5. The summed E-state index contributed by atoms with van der Waals surface area (Å²) in [6.45, 7) is 0. The van der Waals surface area contributed by atoms with E-state index < -0.39 is 12.6 Å². The molecule has 15 heavy (non-hydrogen) atoms. The van der Waals surface area contributed by atoms with Gasteiger partial charge in [0, 0.05) is 10.9 Å². The lowest BCUT2D eigenvalue weighted by atomic mass is 10.1. The highest BCUT2D eigenvalue weighted by Crippen LogP contribution is 2.23. The molecule has 0 aromatic heterocycles. The SMILES string of the molecule is FC(F)(F)CCCCc1ccc(Br)cc1. The Morgan fingerprint density at radius 1 is 1.00 bits per heavy atom. The zero-order valence-electron chi connectivity index (χ0n) is 8.15. The van der Waals surface area contributed by atoms with E-state index in [4.69, 9.17) is 0 Å². The Balaban J connectivity index is 2.23. The Hall–Kier alpha value is -0.510. The minimum Gasteiger partial charge on any atom is -0.171 e. The molecule has 0 spiro atoms. The molecule has 0 atom stereocenters. The molecule has 0 bridgehead atoms. The van der Waals surface area contributed by atoms with Crippen LogP contribution in [-0.4, -0.2) is 6.18 Å². The maximum Gasteiger partial charge on any atom is 0.389 e. The van der Waals surface area contributed by atoms with Crippen molar-refractivity contribution >= 4 is 15.9 Å². The van der Waals surface area contributed by atoms with E-state index in [0.717, 1.165) is 10.0 Å². The van der Waals surface area contributed by atoms with Crippen molar-refractivity contribution in [3.8, 4) is 0 Å². The number of hydrogen-bond acceptors (Lipinski definition) is 0. The second kappa shape index (κ2) is 5.54. The minimum atomic E-state index is -4.01. The zero-order chi connectivity index (χ0) is 11.3. The van der Waals surface area contributed by atoms with Gasteiger partial charge in [-0.2, -0.15) is 13.2 Å². The normalized spacial score (nSPS) is 11.7. The van der Waals surface area contributed by atoms with E-state index in [1.165, 1.54) is 0 Å². The van der Waals surface area contributed by atoms with Crippen LogP contribution in [0.5, 0.6) is 0 Å². The quantitative estimate of drug-likeness (QED) is 0.700. The van der Waals surface area contributed by atoms with Gasteiger partial charge in [-0.15, -0.1) is 0 Å². The van der Waals surface area contributed by atoms with Gasteiger partial charge >= 0.3 is 6.18 Å². The van der Waals surface area contributed by atoms with Gasteiger partial charge in [-0.25, -0.2) is 0 Å². The first kappa shape index (κ1) is 12.6. The van der Waals surface area contributed by atoms with Crippen molar-refractivity contribution < 1.29 is 13.2 Å². The molecule has 0 heterocycles. The molecule has 0 radical (unpaired) electrons. The fourth-order valence-electron chi connectivity index (χ4n) is 1.31. The van der Waals surface area contributed by atoms with Crippen molar-refractivity contribution in [1.29, 1.82) is 0 Å². The average Bonchev–Trinajstić information content (AvgIpc) is 2.14. The van der Waals surface area contributed by atoms with E-state index in [2.05, 4.69) is 15.9 Å². The van der Waals surface area contributed by atoms with Crippen molar-refractivity contribution in [3.05, 3.63) is 34.3 Å². The molecule has 1 aromatic carbocycles. The van der Waals surface area contributed by atoms with Crippen LogP contribution in [0.1, 0.15) is 24.8 Å². The molecule has 0 aliphatic heterocycles. The lowest BCUT2D eigenvalue weighted by Crippen LogP contribution is -2.06. The van der Waals surface area contributed by atoms with Gasteiger partial charge in [-0.1, -0.05) is 28.1 Å². The lowest BCUT2D eigenvalue weighted by molar-refractivity contribution is -0.135. The van der Waals surface area contributed by atoms with Crippen LogP contribution in [0.25, 0.3) is 0 Å². The molecule has 0 amide bonds. The second-order valence-corrected chi connectivity index (χ2v) is 4.36. The van der Waals surface area contributed by atoms with Gasteiger partial charge in [0.1, 0.15) is 0 Å². The van der Waals surface area contributed by atoms with Gasteiger partial charge in [0.25, 0.3) is 0 Å². The van der Waals surface area contributed by atoms with Gasteiger partial charge in [0.2, 0.25) is 0 Å². The molecular weight excluding hydrogens is 269 g/mol. The first-order valence-electron chi connectivity index (χ1n) is 4.78. The standard InChI is InChI=1S/C11H12BrF3/c12-10-6-4-9(5-7-10)3-1-2-8-11(13,14)15/h4-7H,1-3,8H2. The molecule has 0 saturated heterocycles. The van der Waals surface area contributed by atoms with Crippen LogP contribution in [0.2, 0.25) is 0 Å². The molecule has 84 valence electrons. The van der Waals surface area contributed by atoms with Crippen molar-refractivity contribution in [2.45, 2.75) is 31.9 Å². The van der Waals surface area contributed by atoms with Crippen molar-refractivity contribution in [2.24, 2.45) is 0 Å². The Bertz CT molecular complexity index is 290. The van der Waals surface area contributed by atoms with Gasteiger partial charge < -0.3 is 0 Å². The zero-order valence-corrected chi connectivity index (χ0v) is 9.74. The monoisotopic (exact) mass is 280 g/mol. The van der Waals surface area contributed by atoms with Crippen LogP contribution in [0.3, 0.4) is 0 Å². The molecule has 1 rings (SSSR count). The Kier molecular flexibility index (Phi) is 4.64. The molecular formula is C11H12BrF3. The summed E-state index contributed by atoms with van der Waals surface area (Å²) in [5.41, 5.74) is 1.08. The number of hydrogen-bond donors (Lipinski definition) is 0. The fourth-order valence-corrected chi connectivity index (χ4v) is 1.57. The maximum atomic E-state index is 11.8. The Morgan fingerprint density at radius 2 is 1.60 bits per heavy atom. The van der Waals surface area contributed by atoms with Crippen LogP contribution in [0, 0.1) is 0 Å². The summed E-state index contributed by atoms with van der Waals surface area (Å²) in [6.07, 6.45) is -3.19. The highest BCUT2D eigenvalue weighted by molar-refractivity contribution is 9.10. The van der Waals surface area contributed by atoms with E-state index in [9.17, 15) is 13.2 Å². The lowest BCUT2D eigenvalue weighted by Gasteiger charge is -2.05. The third-order valence-electron chi connectivity index (χ3n) is 2.09. The largest absolute Gasteiger partial charge is 0.389 e. The van der Waals surface area contributed by atoms with E-state index >= 15 is 0 Å². The number of halogens is 4. The predicted molar refractivity (Wildman–Crippen MR) is 57.8 cm³/mol. The number of benzene rings is 1. The summed E-state index contributed by atoms with van der Waals surface area (Å²) in [6, 6.07) is 7.66. The molecule has 0 saturated carbocycles. The van der Waals surface area contributed by atoms with Crippen molar-refractivity contribution in [2.75, 3.05) is 0 Å². The fraction of sp³-hybridized carbons (Fsp3) is 0.455. The minimum absolute atomic E-state index is 0.208. The van der Waals surface area contributed by atoms with Crippen LogP contribution < -0.4 is 0 Å². The van der Waals surface area contributed by atoms with E-state index in [1.807, 2.05) is 24.3 Å². The topological polar surface area (TPSA) is 0 Å². The molecule has 0 fully saturated rings. The summed E-state index contributed by atoms with van der Waals surface area (Å²) in [5, 5.41) is 0. The van der Waals surface area contributed by atoms with Gasteiger partial charge in [-0.05, 0) is 37.0 Å². The molecule has 1 aromatic rings. The third-order valence-corrected chi connectivity index (χ3v) is 2.62. The van der Waals surface area contributed by atoms with Crippen LogP contribution in [-0.2, 0) is 6.42 Å². The first-order chi connectivity index (χ1) is 6.97. The summed E-state index contributed by atoms with van der Waals surface area (Å²) >= 11 is 3.30. The average molecular weight is 281 g/mol. The highest BCUT2D eigenvalue weighted by Gasteiger charge is 2.25. The van der Waals surface area contributed by atoms with Crippen LogP contribution in [0.4, 0.5) is 13.2 Å². The molecule has 0 nitrogen and oxygen atoms in total. The third kappa shape index (κ3) is 5.82. The smallest absolute Gasteiger partial charge is 0.171 e. The van der Waals surface area contributed by atoms with Crippen molar-refractivity contribution in [3.63, 3.8) is 0 Å². The predicted octanol–water partition coefficient (Wildman–Crippen LogP) is 4.72. The number of aryl methyl sites for hydroxylation is 1. The number of unbranched alkanes of at least 4 members (excludes halogenated alkanes) is 1. The van der Waals surface area contributed by atoms with Gasteiger partial charge in [0.15, 0.2) is 0 Å². The van der Waals surface area contributed by atoms with Crippen LogP contribution >= 0.6 is 15.9 Å². The number of alkyl halides is 3. The highest BCUT2D eigenvalue weighted by atomic mass is 79.9. The van der Waals surface area contributed by atoms with Gasteiger partial charge in [-0.3, -0.25) is 0 Å². The van der Waals surface area contributed by atoms with Gasteiger partial charge in [0.05, 0.1) is 0 Å². The molecule has 0 unspecified atom stereocenters. The van der Waals surface area contributed by atoms with Crippen LogP contribution in [0.15, 0.2) is 28.7 Å². The maximum absolute atomic E-state index is 11.8. The Labute approximate surface area is 95.6 Å². The molecule has 0 aliphatic rings. The first-order valence-corrected chi connectivity index (χ1v) is 5.58. The molecule has 0 N–H and O–H groups in total. The second-order valence-electron chi connectivity index (χ2n) is 3.45. The van der Waals surface area contributed by atoms with E-state index in [0.29, 0.717) is 12.8 Å².